The van der Waals surface area contributed by atoms with Crippen LogP contribution in [0.2, 0.25) is 0 Å². The van der Waals surface area contributed by atoms with Crippen LogP contribution in [-0.4, -0.2) is 21.1 Å². The van der Waals surface area contributed by atoms with E-state index in [1.54, 1.807) is 0 Å². The second kappa shape index (κ2) is 4.21. The molecule has 0 atom stereocenters. The predicted molar refractivity (Wildman–Crippen MR) is 54.1 cm³/mol. The molecule has 5 heteroatoms. The quantitative estimate of drug-likeness (QED) is 0.790. The third kappa shape index (κ3) is 2.83. The molecule has 1 heterocycles. The van der Waals surface area contributed by atoms with Gasteiger partial charge in [0.15, 0.2) is 0 Å². The largest absolute Gasteiger partial charge is 0.461 e. The molecule has 2 N–H and O–H groups in total. The van der Waals surface area contributed by atoms with Crippen LogP contribution in [0.1, 0.15) is 39.4 Å². The van der Waals surface area contributed by atoms with E-state index in [0.717, 1.165) is 0 Å². The van der Waals surface area contributed by atoms with Crippen LogP contribution in [0.25, 0.3) is 0 Å². The minimum absolute atomic E-state index is 0.0387. The van der Waals surface area contributed by atoms with Gasteiger partial charge in [0, 0.05) is 5.92 Å². The summed E-state index contributed by atoms with van der Waals surface area (Å²) in [5, 5.41) is 0. The highest BCUT2D eigenvalue weighted by Gasteiger charge is 2.09. The minimum atomic E-state index is 0.0387. The number of ether oxygens (including phenoxy) is 1. The maximum atomic E-state index is 5.53. The Balaban J connectivity index is 2.95. The Labute approximate surface area is 83.7 Å². The van der Waals surface area contributed by atoms with Crippen molar-refractivity contribution >= 4 is 5.95 Å². The first kappa shape index (κ1) is 10.7. The summed E-state index contributed by atoms with van der Waals surface area (Å²) < 4.78 is 5.34. The molecule has 1 rings (SSSR count). The molecule has 5 nitrogen and oxygen atoms in total. The molecule has 1 aromatic heterocycles. The fourth-order valence-electron chi connectivity index (χ4n) is 0.910. The number of nitrogens with zero attached hydrogens (tertiary/aromatic N) is 3. The summed E-state index contributed by atoms with van der Waals surface area (Å²) in [4.78, 5) is 12.1. The van der Waals surface area contributed by atoms with Crippen molar-refractivity contribution in [3.63, 3.8) is 0 Å². The molecule has 0 spiro atoms. The van der Waals surface area contributed by atoms with Gasteiger partial charge in [0.05, 0.1) is 6.10 Å². The van der Waals surface area contributed by atoms with E-state index in [9.17, 15) is 0 Å². The van der Waals surface area contributed by atoms with Crippen LogP contribution in [0.5, 0.6) is 6.01 Å². The SMILES string of the molecule is CC(C)Oc1nc(N)nc(C(C)C)n1. The summed E-state index contributed by atoms with van der Waals surface area (Å²) in [7, 11) is 0. The zero-order valence-corrected chi connectivity index (χ0v) is 8.98. The monoisotopic (exact) mass is 196 g/mol. The molecule has 0 fully saturated rings. The molecule has 0 radical (unpaired) electrons. The van der Waals surface area contributed by atoms with E-state index in [0.29, 0.717) is 11.8 Å². The number of nitrogens with two attached hydrogens (primary N) is 1. The molecule has 0 unspecified atom stereocenters. The van der Waals surface area contributed by atoms with E-state index in [2.05, 4.69) is 15.0 Å². The average molecular weight is 196 g/mol. The lowest BCUT2D eigenvalue weighted by atomic mass is 10.2. The number of hydrogen-bond acceptors (Lipinski definition) is 5. The molecule has 0 aliphatic heterocycles. The van der Waals surface area contributed by atoms with Crippen LogP contribution in [0.4, 0.5) is 5.95 Å². The molecular weight excluding hydrogens is 180 g/mol. The number of rotatable bonds is 3. The fourth-order valence-corrected chi connectivity index (χ4v) is 0.910. The highest BCUT2D eigenvalue weighted by molar-refractivity contribution is 5.19. The second-order valence-electron chi connectivity index (χ2n) is 3.66. The van der Waals surface area contributed by atoms with E-state index < -0.39 is 0 Å². The van der Waals surface area contributed by atoms with Gasteiger partial charge in [-0.1, -0.05) is 13.8 Å². The van der Waals surface area contributed by atoms with Crippen molar-refractivity contribution in [2.24, 2.45) is 0 Å². The van der Waals surface area contributed by atoms with E-state index in [1.165, 1.54) is 0 Å². The molecule has 14 heavy (non-hydrogen) atoms. The standard InChI is InChI=1S/C9H16N4O/c1-5(2)7-11-8(10)13-9(12-7)14-6(3)4/h5-6H,1-4H3,(H2,10,11,12,13). The molecule has 0 saturated carbocycles. The van der Waals surface area contributed by atoms with E-state index in [4.69, 9.17) is 10.5 Å². The molecule has 0 aromatic carbocycles. The predicted octanol–water partition coefficient (Wildman–Crippen LogP) is 1.36. The summed E-state index contributed by atoms with van der Waals surface area (Å²) in [6.07, 6.45) is 0.0387. The van der Waals surface area contributed by atoms with Crippen molar-refractivity contribution in [1.82, 2.24) is 15.0 Å². The first-order valence-electron chi connectivity index (χ1n) is 4.67. The lowest BCUT2D eigenvalue weighted by Crippen LogP contribution is -2.12. The molecule has 0 bridgehead atoms. The summed E-state index contributed by atoms with van der Waals surface area (Å²) in [5.74, 6) is 1.09. The van der Waals surface area contributed by atoms with Crippen LogP contribution in [0, 0.1) is 0 Å². The van der Waals surface area contributed by atoms with Crippen LogP contribution in [0.3, 0.4) is 0 Å². The average Bonchev–Trinajstić information content (AvgIpc) is 2.01. The highest BCUT2D eigenvalue weighted by Crippen LogP contribution is 2.13. The van der Waals surface area contributed by atoms with Gasteiger partial charge in [-0.05, 0) is 13.8 Å². The molecule has 0 saturated heterocycles. The zero-order valence-electron chi connectivity index (χ0n) is 8.98. The van der Waals surface area contributed by atoms with Crippen molar-refractivity contribution < 1.29 is 4.74 Å². The summed E-state index contributed by atoms with van der Waals surface area (Å²) in [6, 6.07) is 0.302. The van der Waals surface area contributed by atoms with Crippen molar-refractivity contribution in [2.45, 2.75) is 39.7 Å². The van der Waals surface area contributed by atoms with Gasteiger partial charge in [0.2, 0.25) is 5.95 Å². The van der Waals surface area contributed by atoms with E-state index in [1.807, 2.05) is 27.7 Å². The number of anilines is 1. The topological polar surface area (TPSA) is 73.9 Å². The van der Waals surface area contributed by atoms with Gasteiger partial charge < -0.3 is 10.5 Å². The Kier molecular flexibility index (Phi) is 3.22. The normalized spacial score (nSPS) is 11.0. The van der Waals surface area contributed by atoms with E-state index >= 15 is 0 Å². The van der Waals surface area contributed by atoms with Gasteiger partial charge in [-0.25, -0.2) is 0 Å². The Bertz CT molecular complexity index is 312. The number of aromatic nitrogens is 3. The number of hydrogen-bond donors (Lipinski definition) is 1. The molecular formula is C9H16N4O. The summed E-state index contributed by atoms with van der Waals surface area (Å²) in [6.45, 7) is 7.81. The first-order chi connectivity index (χ1) is 6.49. The maximum absolute atomic E-state index is 5.53. The Morgan fingerprint density at radius 1 is 1.07 bits per heavy atom. The minimum Gasteiger partial charge on any atom is -0.461 e. The third-order valence-electron chi connectivity index (χ3n) is 1.51. The zero-order chi connectivity index (χ0) is 10.7. The lowest BCUT2D eigenvalue weighted by Gasteiger charge is -2.10. The Morgan fingerprint density at radius 3 is 2.21 bits per heavy atom. The first-order valence-corrected chi connectivity index (χ1v) is 4.67. The summed E-state index contributed by atoms with van der Waals surface area (Å²) in [5.41, 5.74) is 5.53. The van der Waals surface area contributed by atoms with Crippen LogP contribution < -0.4 is 10.5 Å². The van der Waals surface area contributed by atoms with Gasteiger partial charge in [-0.2, -0.15) is 15.0 Å². The van der Waals surface area contributed by atoms with Crippen molar-refractivity contribution in [2.75, 3.05) is 5.73 Å². The second-order valence-corrected chi connectivity index (χ2v) is 3.66. The Hall–Kier alpha value is -1.39. The Morgan fingerprint density at radius 2 is 1.71 bits per heavy atom. The van der Waals surface area contributed by atoms with Crippen molar-refractivity contribution in [3.05, 3.63) is 5.82 Å². The molecule has 78 valence electrons. The maximum Gasteiger partial charge on any atom is 0.321 e. The smallest absolute Gasteiger partial charge is 0.321 e. The molecule has 0 aliphatic rings. The molecule has 0 amide bonds. The van der Waals surface area contributed by atoms with E-state index in [-0.39, 0.29) is 18.0 Å². The van der Waals surface area contributed by atoms with Crippen LogP contribution in [0.15, 0.2) is 0 Å². The highest BCUT2D eigenvalue weighted by atomic mass is 16.5. The fraction of sp³-hybridized carbons (Fsp3) is 0.667. The van der Waals surface area contributed by atoms with Gasteiger partial charge >= 0.3 is 6.01 Å². The van der Waals surface area contributed by atoms with Gasteiger partial charge in [0.1, 0.15) is 5.82 Å². The van der Waals surface area contributed by atoms with Gasteiger partial charge in [-0.15, -0.1) is 0 Å². The molecule has 1 aromatic rings. The van der Waals surface area contributed by atoms with Crippen LogP contribution >= 0.6 is 0 Å². The van der Waals surface area contributed by atoms with Gasteiger partial charge in [-0.3, -0.25) is 0 Å². The third-order valence-corrected chi connectivity index (χ3v) is 1.51. The van der Waals surface area contributed by atoms with Crippen molar-refractivity contribution in [3.8, 4) is 6.01 Å². The lowest BCUT2D eigenvalue weighted by molar-refractivity contribution is 0.220. The summed E-state index contributed by atoms with van der Waals surface area (Å²) >= 11 is 0. The van der Waals surface area contributed by atoms with Crippen molar-refractivity contribution in [1.29, 1.82) is 0 Å². The number of nitrogen functional groups attached to an aromatic ring is 1. The van der Waals surface area contributed by atoms with Gasteiger partial charge in [0.25, 0.3) is 0 Å². The molecule has 0 aliphatic carbocycles. The van der Waals surface area contributed by atoms with Crippen LogP contribution in [-0.2, 0) is 0 Å².